The van der Waals surface area contributed by atoms with Crippen molar-refractivity contribution in [1.82, 2.24) is 0 Å². The first-order chi connectivity index (χ1) is 11.1. The zero-order valence-corrected chi connectivity index (χ0v) is 16.7. The molecule has 2 aliphatic carbocycles. The van der Waals surface area contributed by atoms with Gasteiger partial charge in [-0.25, -0.2) is 0 Å². The van der Waals surface area contributed by atoms with E-state index in [4.69, 9.17) is 8.51 Å². The van der Waals surface area contributed by atoms with Crippen LogP contribution < -0.4 is 0 Å². The molecule has 2 heteroatoms. The van der Waals surface area contributed by atoms with Crippen molar-refractivity contribution in [2.45, 2.75) is 21.1 Å². The number of hydrogen-bond donors (Lipinski definition) is 0. The van der Waals surface area contributed by atoms with Crippen LogP contribution >= 0.6 is 8.51 Å². The Bertz CT molecular complexity index is 819. The monoisotopic (exact) mass is 397 g/mol. The summed E-state index contributed by atoms with van der Waals surface area (Å²) in [6.07, 6.45) is 9.27. The van der Waals surface area contributed by atoms with E-state index in [-0.39, 0.29) is 0 Å². The predicted octanol–water partition coefficient (Wildman–Crippen LogP) is 6.04. The average Bonchev–Trinajstić information content (AvgIpc) is 3.18. The summed E-state index contributed by atoms with van der Waals surface area (Å²) in [7, 11) is 7.61. The molecule has 0 aliphatic heterocycles. The third-order valence-electron chi connectivity index (χ3n) is 5.27. The van der Waals surface area contributed by atoms with Crippen molar-refractivity contribution < 1.29 is 18.6 Å². The Morgan fingerprint density at radius 2 is 1.22 bits per heavy atom. The summed E-state index contributed by atoms with van der Waals surface area (Å²) in [5.74, 6) is 0. The van der Waals surface area contributed by atoms with Gasteiger partial charge in [-0.15, -0.1) is 0 Å². The summed E-state index contributed by atoms with van der Waals surface area (Å²) in [5, 5.41) is 0. The van der Waals surface area contributed by atoms with E-state index in [0.29, 0.717) is 7.25 Å². The van der Waals surface area contributed by atoms with Crippen LogP contribution in [0.4, 0.5) is 0 Å². The molecular weight excluding hydrogens is 379 g/mol. The summed E-state index contributed by atoms with van der Waals surface area (Å²) < 4.78 is 2.29. The molecule has 115 valence electrons. The van der Waals surface area contributed by atoms with Crippen molar-refractivity contribution >= 4 is 23.9 Å². The molecule has 0 saturated heterocycles. The fourth-order valence-electron chi connectivity index (χ4n) is 4.05. The van der Waals surface area contributed by atoms with Crippen molar-refractivity contribution in [3.63, 3.8) is 0 Å². The van der Waals surface area contributed by atoms with Gasteiger partial charge in [-0.05, 0) is 0 Å². The van der Waals surface area contributed by atoms with E-state index in [1.807, 2.05) is 0 Å². The zero-order valence-electron chi connectivity index (χ0n) is 13.5. The molecule has 2 atom stereocenters. The van der Waals surface area contributed by atoms with Crippen LogP contribution in [-0.2, 0) is 18.6 Å². The molecule has 2 unspecified atom stereocenters. The van der Waals surface area contributed by atoms with E-state index < -0.39 is 18.6 Å². The Labute approximate surface area is 145 Å². The van der Waals surface area contributed by atoms with Gasteiger partial charge >= 0.3 is 146 Å². The average molecular weight is 399 g/mol. The summed E-state index contributed by atoms with van der Waals surface area (Å²) in [6, 6.07) is 17.5. The standard InChI is InChI=1S/2C9H7.C3H6.ClH.Zr/c2*1-2-5-9-7-3-6-8(9)4-1;1-3-2;;/h2*1-7H;1-2H3;1H;/q;;;;+1/p-1. The van der Waals surface area contributed by atoms with Gasteiger partial charge in [0.2, 0.25) is 0 Å². The fourth-order valence-corrected chi connectivity index (χ4v) is 15.7. The van der Waals surface area contributed by atoms with Crippen LogP contribution in [0.15, 0.2) is 60.7 Å². The Kier molecular flexibility index (Phi) is 3.90. The zero-order chi connectivity index (χ0) is 16.0. The first-order valence-corrected chi connectivity index (χ1v) is 15.4. The van der Waals surface area contributed by atoms with Crippen LogP contribution in [0.5, 0.6) is 0 Å². The molecule has 0 bridgehead atoms. The van der Waals surface area contributed by atoms with Gasteiger partial charge in [-0.3, -0.25) is 0 Å². The molecule has 4 rings (SSSR count). The second-order valence-corrected chi connectivity index (χ2v) is 19.7. The minimum atomic E-state index is -3.17. The molecule has 0 heterocycles. The van der Waals surface area contributed by atoms with Crippen LogP contribution in [0.1, 0.15) is 43.4 Å². The van der Waals surface area contributed by atoms with Gasteiger partial charge in [0.05, 0.1) is 0 Å². The van der Waals surface area contributed by atoms with E-state index in [9.17, 15) is 0 Å². The summed E-state index contributed by atoms with van der Waals surface area (Å²) in [5.41, 5.74) is 5.54. The van der Waals surface area contributed by atoms with E-state index in [2.05, 4.69) is 86.7 Å². The molecule has 0 fully saturated rings. The Morgan fingerprint density at radius 3 is 1.65 bits per heavy atom. The topological polar surface area (TPSA) is 0 Å². The number of benzene rings is 2. The van der Waals surface area contributed by atoms with Crippen molar-refractivity contribution in [2.75, 3.05) is 0 Å². The van der Waals surface area contributed by atoms with Gasteiger partial charge in [0.25, 0.3) is 0 Å². The molecule has 0 N–H and O–H groups in total. The van der Waals surface area contributed by atoms with E-state index in [1.165, 1.54) is 25.5 Å². The van der Waals surface area contributed by atoms with E-state index in [1.54, 1.807) is 0 Å². The third-order valence-corrected chi connectivity index (χ3v) is 21.0. The van der Waals surface area contributed by atoms with Crippen molar-refractivity contribution in [2.24, 2.45) is 0 Å². The molecule has 0 saturated carbocycles. The van der Waals surface area contributed by atoms with Crippen molar-refractivity contribution in [3.05, 3.63) is 82.9 Å². The third kappa shape index (κ3) is 2.32. The summed E-state index contributed by atoms with van der Waals surface area (Å²) >= 11 is -3.17. The second kappa shape index (κ2) is 5.80. The quantitative estimate of drug-likeness (QED) is 0.578. The van der Waals surface area contributed by atoms with Crippen LogP contribution in [0.25, 0.3) is 12.2 Å². The molecule has 0 spiro atoms. The van der Waals surface area contributed by atoms with Gasteiger partial charge in [-0.2, -0.15) is 0 Å². The molecule has 0 aromatic heterocycles. The fraction of sp³-hybridized carbons (Fsp3) is 0.190. The van der Waals surface area contributed by atoms with Crippen molar-refractivity contribution in [3.8, 4) is 0 Å². The van der Waals surface area contributed by atoms with Gasteiger partial charge < -0.3 is 0 Å². The molecule has 23 heavy (non-hydrogen) atoms. The van der Waals surface area contributed by atoms with Gasteiger partial charge in [-0.1, -0.05) is 0 Å². The Balaban J connectivity index is 1.90. The number of hydrogen-bond acceptors (Lipinski definition) is 0. The number of halogens is 1. The maximum absolute atomic E-state index is 7.61. The SMILES string of the molecule is C[C](C)=[Zr]([Cl])([CH]1C=Cc2ccccc21)[CH]1C=Cc2ccccc21. The first-order valence-electron chi connectivity index (χ1n) is 8.16. The molecular formula is C21H20ClZr. The maximum atomic E-state index is 7.61. The first kappa shape index (κ1) is 15.5. The normalized spacial score (nSPS) is 23.4. The van der Waals surface area contributed by atoms with Crippen molar-refractivity contribution in [1.29, 1.82) is 0 Å². The van der Waals surface area contributed by atoms with Crippen LogP contribution in [0.3, 0.4) is 0 Å². The molecule has 0 amide bonds. The van der Waals surface area contributed by atoms with Crippen LogP contribution in [0.2, 0.25) is 0 Å². The van der Waals surface area contributed by atoms with Gasteiger partial charge in [0.1, 0.15) is 0 Å². The summed E-state index contributed by atoms with van der Waals surface area (Å²) in [4.78, 5) is 0. The Morgan fingerprint density at radius 1 is 0.783 bits per heavy atom. The molecule has 2 aromatic carbocycles. The van der Waals surface area contributed by atoms with Gasteiger partial charge in [0, 0.05) is 0 Å². The van der Waals surface area contributed by atoms with Gasteiger partial charge in [0.15, 0.2) is 0 Å². The molecule has 2 aliphatic rings. The number of fused-ring (bicyclic) bond motifs is 2. The predicted molar refractivity (Wildman–Crippen MR) is 98.6 cm³/mol. The molecule has 2 aromatic rings. The number of rotatable bonds is 2. The summed E-state index contributed by atoms with van der Waals surface area (Å²) in [6.45, 7) is 4.51. The van der Waals surface area contributed by atoms with E-state index in [0.717, 1.165) is 0 Å². The van der Waals surface area contributed by atoms with Crippen LogP contribution in [0, 0.1) is 0 Å². The second-order valence-electron chi connectivity index (χ2n) is 6.70. The molecule has 0 radical (unpaired) electrons. The Hall–Kier alpha value is -1.04. The molecule has 0 nitrogen and oxygen atoms in total. The van der Waals surface area contributed by atoms with Crippen LogP contribution in [-0.4, -0.2) is 3.21 Å². The number of allylic oxidation sites excluding steroid dienone is 2. The van der Waals surface area contributed by atoms with E-state index >= 15 is 0 Å². The minimum absolute atomic E-state index is 0.410.